The Morgan fingerprint density at radius 2 is 2.40 bits per heavy atom. The summed E-state index contributed by atoms with van der Waals surface area (Å²) in [7, 11) is 1.95. The molecule has 82 valence electrons. The van der Waals surface area contributed by atoms with E-state index in [0.717, 1.165) is 12.8 Å². The molecule has 0 heterocycles. The van der Waals surface area contributed by atoms with Crippen LogP contribution in [0.4, 0.5) is 0 Å². The van der Waals surface area contributed by atoms with Crippen LogP contribution in [-0.4, -0.2) is 17.0 Å². The summed E-state index contributed by atoms with van der Waals surface area (Å²) in [4.78, 5) is 10.8. The van der Waals surface area contributed by atoms with E-state index in [-0.39, 0.29) is 27.5 Å². The molecule has 0 aromatic rings. The number of rotatable bonds is 3. The van der Waals surface area contributed by atoms with E-state index in [2.05, 4.69) is 26.9 Å². The van der Waals surface area contributed by atoms with Crippen LogP contribution in [0.25, 0.3) is 0 Å². The molecule has 0 aliphatic heterocycles. The quantitative estimate of drug-likeness (QED) is 0.312. The summed E-state index contributed by atoms with van der Waals surface area (Å²) in [5.74, 6) is 0. The normalized spacial score (nSPS) is 29.4. The first-order valence-corrected chi connectivity index (χ1v) is 7.38. The first-order valence-electron chi connectivity index (χ1n) is 5.06. The zero-order chi connectivity index (χ0) is 10.7. The Morgan fingerprint density at radius 1 is 1.53 bits per heavy atom. The number of nitrogens with one attached hydrogen (secondary N) is 1. The Hall–Kier alpha value is -0.490. The molecule has 0 aromatic carbocycles. The van der Waals surface area contributed by atoms with Gasteiger partial charge in [0.15, 0.2) is 0 Å². The first kappa shape index (κ1) is 11.0. The average Bonchev–Trinajstić information content (AvgIpc) is 2.28. The molecule has 2 atom stereocenters. The minimum atomic E-state index is -0.162. The van der Waals surface area contributed by atoms with E-state index in [0.29, 0.717) is 3.92 Å². The molecule has 0 spiro atoms. The number of allylic oxidation sites excluding steroid dienone is 4. The van der Waals surface area contributed by atoms with Crippen LogP contribution in [0, 0.1) is 4.91 Å². The van der Waals surface area contributed by atoms with Crippen LogP contribution in [0.3, 0.4) is 0 Å². The van der Waals surface area contributed by atoms with E-state index < -0.39 is 0 Å². The second kappa shape index (κ2) is 5.03. The molecule has 0 saturated carbocycles. The fourth-order valence-electron chi connectivity index (χ4n) is 1.92. The zero-order valence-corrected chi connectivity index (χ0v) is 10.8. The van der Waals surface area contributed by atoms with Crippen molar-refractivity contribution in [3.8, 4) is 0 Å². The topological polar surface area (TPSA) is 41.5 Å². The van der Waals surface area contributed by atoms with Crippen molar-refractivity contribution in [3.63, 3.8) is 0 Å². The molecule has 1 N–H and O–H groups in total. The molecular formula is C11H14IN2O-. The van der Waals surface area contributed by atoms with Gasteiger partial charge in [-0.2, -0.15) is 0 Å². The Balaban J connectivity index is 2.24. The number of hydrogen-bond donors (Lipinski definition) is 1. The maximum atomic E-state index is 10.8. The maximum absolute atomic E-state index is 10.8. The summed E-state index contributed by atoms with van der Waals surface area (Å²) in [6.07, 6.45) is 10.8. The van der Waals surface area contributed by atoms with Crippen LogP contribution in [-0.2, 0) is 0 Å². The molecule has 3 nitrogen and oxygen atoms in total. The van der Waals surface area contributed by atoms with Gasteiger partial charge in [-0.05, 0) is 0 Å². The van der Waals surface area contributed by atoms with Gasteiger partial charge in [-0.1, -0.05) is 0 Å². The van der Waals surface area contributed by atoms with Crippen LogP contribution in [0.5, 0.6) is 0 Å². The Bertz CT molecular complexity index is 346. The molecule has 4 heteroatoms. The SMILES string of the molecule is CN[I-]C1C=C2CCC=CC2=CC1N=O. The molecule has 15 heavy (non-hydrogen) atoms. The fraction of sp³-hybridized carbons (Fsp3) is 0.455. The third kappa shape index (κ3) is 2.36. The monoisotopic (exact) mass is 317 g/mol. The molecule has 0 aromatic heterocycles. The van der Waals surface area contributed by atoms with E-state index in [1.807, 2.05) is 13.1 Å². The number of halogens is 1. The van der Waals surface area contributed by atoms with Gasteiger partial charge in [0.2, 0.25) is 0 Å². The van der Waals surface area contributed by atoms with Crippen LogP contribution in [0.15, 0.2) is 40.6 Å². The van der Waals surface area contributed by atoms with Gasteiger partial charge in [0.1, 0.15) is 0 Å². The molecule has 2 aliphatic rings. The average molecular weight is 317 g/mol. The molecule has 2 unspecified atom stereocenters. The van der Waals surface area contributed by atoms with E-state index in [1.165, 1.54) is 11.1 Å². The third-order valence-corrected chi connectivity index (χ3v) is 5.08. The number of hydrogen-bond acceptors (Lipinski definition) is 3. The molecule has 0 bridgehead atoms. The van der Waals surface area contributed by atoms with Crippen molar-refractivity contribution in [2.45, 2.75) is 22.8 Å². The van der Waals surface area contributed by atoms with Crippen molar-refractivity contribution in [3.05, 3.63) is 40.4 Å². The van der Waals surface area contributed by atoms with Crippen molar-refractivity contribution in [2.75, 3.05) is 7.05 Å². The summed E-state index contributed by atoms with van der Waals surface area (Å²) in [5.41, 5.74) is 2.61. The fourth-order valence-corrected chi connectivity index (χ4v) is 3.96. The second-order valence-electron chi connectivity index (χ2n) is 3.59. The van der Waals surface area contributed by atoms with Gasteiger partial charge in [0.25, 0.3) is 0 Å². The zero-order valence-electron chi connectivity index (χ0n) is 8.61. The molecule has 0 saturated heterocycles. The first-order chi connectivity index (χ1) is 7.35. The summed E-state index contributed by atoms with van der Waals surface area (Å²) >= 11 is -0.162. The predicted octanol–water partition coefficient (Wildman–Crippen LogP) is -1.07. The van der Waals surface area contributed by atoms with Crippen molar-refractivity contribution in [1.29, 1.82) is 0 Å². The van der Waals surface area contributed by atoms with Gasteiger partial charge < -0.3 is 0 Å². The van der Waals surface area contributed by atoms with Gasteiger partial charge in [-0.25, -0.2) is 0 Å². The number of nitrogens with zero attached hydrogens (tertiary/aromatic N) is 1. The number of fused-ring (bicyclic) bond motifs is 1. The van der Waals surface area contributed by atoms with E-state index >= 15 is 0 Å². The van der Waals surface area contributed by atoms with Crippen molar-refractivity contribution < 1.29 is 21.5 Å². The van der Waals surface area contributed by atoms with Crippen LogP contribution in [0.1, 0.15) is 12.8 Å². The number of nitroso groups, excluding NO2 is 1. The van der Waals surface area contributed by atoms with E-state index in [9.17, 15) is 4.91 Å². The molecule has 2 rings (SSSR count). The summed E-state index contributed by atoms with van der Waals surface area (Å²) in [6.45, 7) is 0. The van der Waals surface area contributed by atoms with Gasteiger partial charge in [0, 0.05) is 0 Å². The molecule has 0 radical (unpaired) electrons. The van der Waals surface area contributed by atoms with Crippen molar-refractivity contribution >= 4 is 0 Å². The molecule has 2 aliphatic carbocycles. The standard InChI is InChI=1S/C11H14IN2O/c1-13-12-10-6-8-4-2-3-5-9(8)7-11(10)14-15/h3,5-7,10-11,13H,2,4H2,1H3/q-1. The van der Waals surface area contributed by atoms with Gasteiger partial charge in [0.05, 0.1) is 0 Å². The van der Waals surface area contributed by atoms with Crippen molar-refractivity contribution in [2.24, 2.45) is 5.18 Å². The summed E-state index contributed by atoms with van der Waals surface area (Å²) in [5, 5.41) is 3.22. The van der Waals surface area contributed by atoms with E-state index in [1.54, 1.807) is 0 Å². The van der Waals surface area contributed by atoms with Crippen LogP contribution < -0.4 is 25.0 Å². The summed E-state index contributed by atoms with van der Waals surface area (Å²) in [6, 6.07) is -0.160. The molecule has 0 fully saturated rings. The second-order valence-corrected chi connectivity index (χ2v) is 6.73. The van der Waals surface area contributed by atoms with Crippen LogP contribution >= 0.6 is 0 Å². The van der Waals surface area contributed by atoms with E-state index in [4.69, 9.17) is 0 Å². The Labute approximate surface area is 100 Å². The minimum absolute atomic E-state index is 0.160. The van der Waals surface area contributed by atoms with Gasteiger partial charge in [-0.15, -0.1) is 0 Å². The Kier molecular flexibility index (Phi) is 3.69. The number of alkyl halides is 1. The van der Waals surface area contributed by atoms with Gasteiger partial charge in [-0.3, -0.25) is 0 Å². The molecular weight excluding hydrogens is 303 g/mol. The predicted molar refractivity (Wildman–Crippen MR) is 57.0 cm³/mol. The Morgan fingerprint density at radius 3 is 3.13 bits per heavy atom. The van der Waals surface area contributed by atoms with Crippen molar-refractivity contribution in [1.82, 2.24) is 3.53 Å². The molecule has 0 amide bonds. The van der Waals surface area contributed by atoms with Crippen LogP contribution in [0.2, 0.25) is 0 Å². The third-order valence-electron chi connectivity index (χ3n) is 2.64. The van der Waals surface area contributed by atoms with Gasteiger partial charge >= 0.3 is 100 Å². The summed E-state index contributed by atoms with van der Waals surface area (Å²) < 4.78 is 3.55.